The zero-order valence-electron chi connectivity index (χ0n) is 23.8. The fourth-order valence-electron chi connectivity index (χ4n) is 5.64. The summed E-state index contributed by atoms with van der Waals surface area (Å²) in [6.07, 6.45) is 0.656. The van der Waals surface area contributed by atoms with Crippen LogP contribution in [0.5, 0.6) is 0 Å². The molecule has 8 heteroatoms. The summed E-state index contributed by atoms with van der Waals surface area (Å²) in [6.45, 7) is 9.50. The van der Waals surface area contributed by atoms with E-state index in [2.05, 4.69) is 63.6 Å². The van der Waals surface area contributed by atoms with Crippen LogP contribution in [0.15, 0.2) is 78.9 Å². The maximum atomic E-state index is 13.8. The van der Waals surface area contributed by atoms with Gasteiger partial charge in [0.05, 0.1) is 6.04 Å². The normalized spacial score (nSPS) is 17.0. The van der Waals surface area contributed by atoms with Gasteiger partial charge < -0.3 is 20.0 Å². The van der Waals surface area contributed by atoms with Crippen LogP contribution in [0.1, 0.15) is 23.6 Å². The number of halogens is 1. The molecule has 0 radical (unpaired) electrons. The Kier molecular flexibility index (Phi) is 9.93. The molecule has 2 fully saturated rings. The van der Waals surface area contributed by atoms with Crippen molar-refractivity contribution >= 4 is 29.1 Å². The Morgan fingerprint density at radius 1 is 0.732 bits per heavy atom. The second kappa shape index (κ2) is 14.0. The summed E-state index contributed by atoms with van der Waals surface area (Å²) in [4.78, 5) is 34.0. The topological polar surface area (TPSA) is 59.1 Å². The SMILES string of the molecule is CC(=O)N1CCN(c2ccc(CN[C@@H](Cc3ccccc3)C(=O)N3CCN(Cc4ccc(Cl)cc4)CC3)cc2)CC1. The van der Waals surface area contributed by atoms with Gasteiger partial charge in [-0.05, 0) is 47.4 Å². The smallest absolute Gasteiger partial charge is 0.240 e. The number of amides is 2. The number of rotatable bonds is 9. The van der Waals surface area contributed by atoms with Gasteiger partial charge in [0, 0.05) is 83.1 Å². The van der Waals surface area contributed by atoms with Crippen molar-refractivity contribution in [3.63, 3.8) is 0 Å². The van der Waals surface area contributed by atoms with E-state index in [1.165, 1.54) is 11.3 Å². The summed E-state index contributed by atoms with van der Waals surface area (Å²) < 4.78 is 0. The van der Waals surface area contributed by atoms with Gasteiger partial charge in [0.1, 0.15) is 0 Å². The largest absolute Gasteiger partial charge is 0.368 e. The van der Waals surface area contributed by atoms with Gasteiger partial charge in [0.15, 0.2) is 0 Å². The van der Waals surface area contributed by atoms with Crippen molar-refractivity contribution in [3.05, 3.63) is 101 Å². The zero-order valence-corrected chi connectivity index (χ0v) is 24.6. The predicted octanol–water partition coefficient (Wildman–Crippen LogP) is 4.05. The summed E-state index contributed by atoms with van der Waals surface area (Å²) in [5.74, 6) is 0.311. The van der Waals surface area contributed by atoms with Crippen molar-refractivity contribution < 1.29 is 9.59 Å². The van der Waals surface area contributed by atoms with Crippen LogP contribution in [0, 0.1) is 0 Å². The molecule has 0 aliphatic carbocycles. The van der Waals surface area contributed by atoms with Gasteiger partial charge in [-0.1, -0.05) is 66.2 Å². The lowest BCUT2D eigenvalue weighted by Crippen LogP contribution is -2.54. The van der Waals surface area contributed by atoms with Gasteiger partial charge in [-0.2, -0.15) is 0 Å². The first-order valence-electron chi connectivity index (χ1n) is 14.6. The number of hydrogen-bond acceptors (Lipinski definition) is 5. The van der Waals surface area contributed by atoms with Crippen LogP contribution in [0.3, 0.4) is 0 Å². The fraction of sp³-hybridized carbons (Fsp3) is 0.394. The Morgan fingerprint density at radius 3 is 1.98 bits per heavy atom. The molecule has 5 rings (SSSR count). The summed E-state index contributed by atoms with van der Waals surface area (Å²) in [5, 5.41) is 4.33. The van der Waals surface area contributed by atoms with Crippen LogP contribution in [0.2, 0.25) is 5.02 Å². The van der Waals surface area contributed by atoms with Crippen LogP contribution in [0.25, 0.3) is 0 Å². The minimum absolute atomic E-state index is 0.144. The molecule has 0 unspecified atom stereocenters. The summed E-state index contributed by atoms with van der Waals surface area (Å²) in [7, 11) is 0. The van der Waals surface area contributed by atoms with E-state index in [-0.39, 0.29) is 17.9 Å². The average Bonchev–Trinajstić information content (AvgIpc) is 3.01. The van der Waals surface area contributed by atoms with Crippen LogP contribution in [-0.2, 0) is 29.1 Å². The molecule has 2 heterocycles. The Hall–Kier alpha value is -3.39. The molecule has 3 aromatic carbocycles. The number of piperazine rings is 2. The number of anilines is 1. The van der Waals surface area contributed by atoms with E-state index < -0.39 is 0 Å². The highest BCUT2D eigenvalue weighted by Gasteiger charge is 2.27. The van der Waals surface area contributed by atoms with Gasteiger partial charge in [0.25, 0.3) is 0 Å². The molecule has 0 spiro atoms. The van der Waals surface area contributed by atoms with Gasteiger partial charge in [-0.15, -0.1) is 0 Å². The molecule has 3 aromatic rings. The zero-order chi connectivity index (χ0) is 28.6. The first kappa shape index (κ1) is 29.1. The van der Waals surface area contributed by atoms with E-state index in [0.717, 1.165) is 75.1 Å². The molecule has 1 N–H and O–H groups in total. The fourth-order valence-corrected chi connectivity index (χ4v) is 5.76. The van der Waals surface area contributed by atoms with E-state index in [9.17, 15) is 9.59 Å². The molecular formula is C33H40ClN5O2. The third-order valence-corrected chi connectivity index (χ3v) is 8.42. The van der Waals surface area contributed by atoms with E-state index in [1.807, 2.05) is 40.1 Å². The quantitative estimate of drug-likeness (QED) is 0.418. The molecule has 7 nitrogen and oxygen atoms in total. The second-order valence-corrected chi connectivity index (χ2v) is 11.4. The molecule has 2 saturated heterocycles. The number of nitrogens with zero attached hydrogens (tertiary/aromatic N) is 4. The van der Waals surface area contributed by atoms with Gasteiger partial charge >= 0.3 is 0 Å². The Balaban J connectivity index is 1.17. The number of nitrogens with one attached hydrogen (secondary N) is 1. The Morgan fingerprint density at radius 2 is 1.34 bits per heavy atom. The van der Waals surface area contributed by atoms with Crippen LogP contribution in [-0.4, -0.2) is 84.9 Å². The van der Waals surface area contributed by atoms with Crippen LogP contribution >= 0.6 is 11.6 Å². The Bertz CT molecular complexity index is 1270. The molecule has 41 heavy (non-hydrogen) atoms. The van der Waals surface area contributed by atoms with Crippen molar-refractivity contribution in [3.8, 4) is 0 Å². The van der Waals surface area contributed by atoms with Crippen molar-refractivity contribution in [1.82, 2.24) is 20.0 Å². The predicted molar refractivity (Wildman–Crippen MR) is 165 cm³/mol. The van der Waals surface area contributed by atoms with Gasteiger partial charge in [0.2, 0.25) is 11.8 Å². The lowest BCUT2D eigenvalue weighted by molar-refractivity contribution is -0.135. The second-order valence-electron chi connectivity index (χ2n) is 11.0. The Labute approximate surface area is 248 Å². The highest BCUT2D eigenvalue weighted by molar-refractivity contribution is 6.30. The van der Waals surface area contributed by atoms with E-state index in [0.29, 0.717) is 13.0 Å². The van der Waals surface area contributed by atoms with Gasteiger partial charge in [-0.3, -0.25) is 14.5 Å². The molecule has 2 aliphatic heterocycles. The minimum atomic E-state index is -0.292. The number of hydrogen-bond donors (Lipinski definition) is 1. The highest BCUT2D eigenvalue weighted by Crippen LogP contribution is 2.19. The van der Waals surface area contributed by atoms with Crippen LogP contribution in [0.4, 0.5) is 5.69 Å². The maximum absolute atomic E-state index is 13.8. The van der Waals surface area contributed by atoms with Crippen molar-refractivity contribution in [2.75, 3.05) is 57.3 Å². The highest BCUT2D eigenvalue weighted by atomic mass is 35.5. The lowest BCUT2D eigenvalue weighted by Gasteiger charge is -2.36. The molecule has 2 aliphatic rings. The average molecular weight is 574 g/mol. The molecule has 0 aromatic heterocycles. The summed E-state index contributed by atoms with van der Waals surface area (Å²) in [6, 6.07) is 26.5. The molecule has 2 amide bonds. The summed E-state index contributed by atoms with van der Waals surface area (Å²) in [5.41, 5.74) is 4.71. The molecule has 0 saturated carbocycles. The van der Waals surface area contributed by atoms with Crippen LogP contribution < -0.4 is 10.2 Å². The van der Waals surface area contributed by atoms with E-state index in [4.69, 9.17) is 11.6 Å². The molecular weight excluding hydrogens is 534 g/mol. The van der Waals surface area contributed by atoms with E-state index >= 15 is 0 Å². The molecule has 216 valence electrons. The lowest BCUT2D eigenvalue weighted by atomic mass is 10.0. The minimum Gasteiger partial charge on any atom is -0.368 e. The summed E-state index contributed by atoms with van der Waals surface area (Å²) >= 11 is 6.04. The monoisotopic (exact) mass is 573 g/mol. The first-order valence-corrected chi connectivity index (χ1v) is 14.9. The number of benzene rings is 3. The van der Waals surface area contributed by atoms with Crippen molar-refractivity contribution in [1.29, 1.82) is 0 Å². The van der Waals surface area contributed by atoms with Gasteiger partial charge in [-0.25, -0.2) is 0 Å². The third kappa shape index (κ3) is 8.09. The van der Waals surface area contributed by atoms with Crippen molar-refractivity contribution in [2.24, 2.45) is 0 Å². The van der Waals surface area contributed by atoms with E-state index in [1.54, 1.807) is 6.92 Å². The molecule has 0 bridgehead atoms. The molecule has 1 atom stereocenters. The first-order chi connectivity index (χ1) is 19.9. The number of carbonyl (C=O) groups is 2. The third-order valence-electron chi connectivity index (χ3n) is 8.16. The van der Waals surface area contributed by atoms with Crippen molar-refractivity contribution in [2.45, 2.75) is 32.5 Å². The maximum Gasteiger partial charge on any atom is 0.240 e. The standard InChI is InChI=1S/C33H40ClN5O2/c1-26(40)37-19-21-38(22-20-37)31-13-9-28(10-14-31)24-35-32(23-27-5-3-2-4-6-27)33(41)39-17-15-36(16-18-39)25-29-7-11-30(34)12-8-29/h2-14,32,35H,15-25H2,1H3/t32-/m0/s1. The number of carbonyl (C=O) groups excluding carboxylic acids is 2.